The Labute approximate surface area is 108 Å². The molecule has 0 spiro atoms. The lowest BCUT2D eigenvalue weighted by Gasteiger charge is -2.40. The predicted molar refractivity (Wildman–Crippen MR) is 66.1 cm³/mol. The molecule has 0 atom stereocenters. The van der Waals surface area contributed by atoms with Crippen LogP contribution < -0.4 is 4.90 Å². The number of rotatable bonds is 4. The van der Waals surface area contributed by atoms with Gasteiger partial charge in [-0.05, 0) is 12.1 Å². The summed E-state index contributed by atoms with van der Waals surface area (Å²) in [5.74, 6) is -0.804. The lowest BCUT2D eigenvalue weighted by molar-refractivity contribution is -0.384. The van der Waals surface area contributed by atoms with Gasteiger partial charge in [-0.25, -0.2) is 0 Å². The Morgan fingerprint density at radius 1 is 1.56 bits per heavy atom. The third kappa shape index (κ3) is 2.38. The Hall–Kier alpha value is -1.82. The monoisotopic (exact) mass is 270 g/mol. The molecule has 1 N–H and O–H groups in total. The zero-order valence-corrected chi connectivity index (χ0v) is 10.1. The van der Waals surface area contributed by atoms with E-state index in [1.54, 1.807) is 17.0 Å². The first-order chi connectivity index (χ1) is 8.49. The van der Waals surface area contributed by atoms with Gasteiger partial charge in [0.1, 0.15) is 10.7 Å². The predicted octanol–water partition coefficient (Wildman–Crippen LogP) is 2.16. The molecule has 2 rings (SSSR count). The fourth-order valence-electron chi connectivity index (χ4n) is 2.08. The summed E-state index contributed by atoms with van der Waals surface area (Å²) in [5, 5.41) is 19.7. The highest BCUT2D eigenvalue weighted by atomic mass is 35.5. The van der Waals surface area contributed by atoms with Crippen molar-refractivity contribution in [1.29, 1.82) is 0 Å². The second kappa shape index (κ2) is 4.81. The summed E-state index contributed by atoms with van der Waals surface area (Å²) in [6, 6.07) is 4.74. The van der Waals surface area contributed by atoms with Crippen LogP contribution in [-0.4, -0.2) is 29.1 Å². The topological polar surface area (TPSA) is 83.7 Å². The number of anilines is 1. The molecule has 7 heteroatoms. The van der Waals surface area contributed by atoms with E-state index in [0.717, 1.165) is 0 Å². The number of hydrogen-bond donors (Lipinski definition) is 1. The van der Waals surface area contributed by atoms with Crippen molar-refractivity contribution in [3.63, 3.8) is 0 Å². The van der Waals surface area contributed by atoms with E-state index in [-0.39, 0.29) is 23.0 Å². The van der Waals surface area contributed by atoms with E-state index in [4.69, 9.17) is 16.7 Å². The summed E-state index contributed by atoms with van der Waals surface area (Å²) in [6.45, 7) is 1.01. The van der Waals surface area contributed by atoms with Gasteiger partial charge in [-0.2, -0.15) is 0 Å². The first-order valence-corrected chi connectivity index (χ1v) is 5.76. The number of para-hydroxylation sites is 1. The van der Waals surface area contributed by atoms with Crippen LogP contribution in [0, 0.1) is 16.0 Å². The largest absolute Gasteiger partial charge is 0.481 e. The molecule has 0 bridgehead atoms. The highest BCUT2D eigenvalue weighted by Gasteiger charge is 2.33. The normalized spacial score (nSPS) is 15.3. The fourth-order valence-corrected chi connectivity index (χ4v) is 2.32. The van der Waals surface area contributed by atoms with E-state index in [9.17, 15) is 14.9 Å². The molecule has 0 radical (unpaired) electrons. The summed E-state index contributed by atoms with van der Waals surface area (Å²) >= 11 is 5.81. The van der Waals surface area contributed by atoms with E-state index < -0.39 is 10.9 Å². The molecule has 0 aliphatic carbocycles. The zero-order chi connectivity index (χ0) is 13.3. The molecule has 0 aromatic heterocycles. The van der Waals surface area contributed by atoms with Crippen LogP contribution in [0.4, 0.5) is 11.4 Å². The summed E-state index contributed by atoms with van der Waals surface area (Å²) in [4.78, 5) is 22.7. The minimum absolute atomic E-state index is 0.0427. The number of nitro groups is 1. The number of carboxylic acids is 1. The average molecular weight is 271 g/mol. The van der Waals surface area contributed by atoms with E-state index in [2.05, 4.69) is 0 Å². The maximum Gasteiger partial charge on any atom is 0.310 e. The second-order valence-electron chi connectivity index (χ2n) is 4.23. The molecule has 1 aromatic rings. The Balaban J connectivity index is 2.14. The lowest BCUT2D eigenvalue weighted by Crippen LogP contribution is -2.47. The maximum absolute atomic E-state index is 10.9. The smallest absolute Gasteiger partial charge is 0.310 e. The molecule has 96 valence electrons. The van der Waals surface area contributed by atoms with Gasteiger partial charge >= 0.3 is 11.7 Å². The molecular formula is C11H11ClN2O4. The minimum atomic E-state index is -0.847. The van der Waals surface area contributed by atoms with Crippen molar-refractivity contribution >= 4 is 28.9 Å². The first kappa shape index (κ1) is 12.6. The Kier molecular flexibility index (Phi) is 3.38. The number of nitro benzene ring substituents is 1. The van der Waals surface area contributed by atoms with Crippen LogP contribution in [0.2, 0.25) is 5.02 Å². The lowest BCUT2D eigenvalue weighted by atomic mass is 9.95. The van der Waals surface area contributed by atoms with Gasteiger partial charge in [-0.15, -0.1) is 0 Å². The van der Waals surface area contributed by atoms with Gasteiger partial charge in [0.2, 0.25) is 0 Å². The van der Waals surface area contributed by atoms with Gasteiger partial charge in [0.25, 0.3) is 0 Å². The fraction of sp³-hybridized carbons (Fsp3) is 0.364. The van der Waals surface area contributed by atoms with Gasteiger partial charge in [-0.3, -0.25) is 14.9 Å². The van der Waals surface area contributed by atoms with Crippen LogP contribution in [0.3, 0.4) is 0 Å². The van der Waals surface area contributed by atoms with Crippen molar-refractivity contribution in [3.05, 3.63) is 33.3 Å². The first-order valence-electron chi connectivity index (χ1n) is 5.38. The number of carbonyl (C=O) groups is 1. The van der Waals surface area contributed by atoms with Gasteiger partial charge in [0.05, 0.1) is 11.3 Å². The number of halogens is 1. The van der Waals surface area contributed by atoms with Crippen LogP contribution in [0.5, 0.6) is 0 Å². The van der Waals surface area contributed by atoms with E-state index in [1.165, 1.54) is 6.07 Å². The third-order valence-electron chi connectivity index (χ3n) is 2.91. The molecule has 1 saturated heterocycles. The van der Waals surface area contributed by atoms with Crippen molar-refractivity contribution in [2.24, 2.45) is 5.92 Å². The minimum Gasteiger partial charge on any atom is -0.481 e. The molecular weight excluding hydrogens is 260 g/mol. The van der Waals surface area contributed by atoms with Gasteiger partial charge in [0, 0.05) is 19.0 Å². The number of aliphatic carboxylic acids is 1. The molecule has 0 amide bonds. The molecule has 0 saturated carbocycles. The number of carboxylic acid groups (broad SMARTS) is 1. The second-order valence-corrected chi connectivity index (χ2v) is 4.64. The van der Waals surface area contributed by atoms with Gasteiger partial charge < -0.3 is 10.0 Å². The zero-order valence-electron chi connectivity index (χ0n) is 9.38. The summed E-state index contributed by atoms with van der Waals surface area (Å²) in [7, 11) is 0. The Morgan fingerprint density at radius 2 is 2.22 bits per heavy atom. The van der Waals surface area contributed by atoms with E-state index in [0.29, 0.717) is 18.8 Å². The van der Waals surface area contributed by atoms with Gasteiger partial charge in [-0.1, -0.05) is 17.7 Å². The summed E-state index contributed by atoms with van der Waals surface area (Å²) in [5.41, 5.74) is 0.335. The van der Waals surface area contributed by atoms with Crippen LogP contribution in [0.25, 0.3) is 0 Å². The molecule has 1 heterocycles. The quantitative estimate of drug-likeness (QED) is 0.669. The highest BCUT2D eigenvalue weighted by Crippen LogP contribution is 2.38. The summed E-state index contributed by atoms with van der Waals surface area (Å²) < 4.78 is 0. The number of benzene rings is 1. The van der Waals surface area contributed by atoms with Crippen LogP contribution in [0.15, 0.2) is 18.2 Å². The summed E-state index contributed by atoms with van der Waals surface area (Å²) in [6.07, 6.45) is 0.0882. The highest BCUT2D eigenvalue weighted by molar-refractivity contribution is 6.33. The molecule has 1 aromatic carbocycles. The molecule has 1 aliphatic rings. The molecule has 18 heavy (non-hydrogen) atoms. The molecule has 1 fully saturated rings. The van der Waals surface area contributed by atoms with E-state index in [1.807, 2.05) is 0 Å². The standard InChI is InChI=1S/C11H11ClN2O4/c12-8-2-1-3-9(11(8)14(17)18)13-5-7(6-13)4-10(15)16/h1-3,7H,4-6H2,(H,15,16). The van der Waals surface area contributed by atoms with Gasteiger partial charge in [0.15, 0.2) is 0 Å². The third-order valence-corrected chi connectivity index (χ3v) is 3.21. The Morgan fingerprint density at radius 3 is 2.78 bits per heavy atom. The van der Waals surface area contributed by atoms with Crippen LogP contribution >= 0.6 is 11.6 Å². The van der Waals surface area contributed by atoms with Crippen molar-refractivity contribution in [2.45, 2.75) is 6.42 Å². The van der Waals surface area contributed by atoms with Crippen molar-refractivity contribution in [1.82, 2.24) is 0 Å². The van der Waals surface area contributed by atoms with E-state index >= 15 is 0 Å². The van der Waals surface area contributed by atoms with Crippen molar-refractivity contribution in [3.8, 4) is 0 Å². The van der Waals surface area contributed by atoms with Crippen molar-refractivity contribution < 1.29 is 14.8 Å². The SMILES string of the molecule is O=C(O)CC1CN(c2cccc(Cl)c2[N+](=O)[O-])C1. The number of nitrogens with zero attached hydrogens (tertiary/aromatic N) is 2. The molecule has 1 aliphatic heterocycles. The van der Waals surface area contributed by atoms with Crippen LogP contribution in [0.1, 0.15) is 6.42 Å². The Bertz CT molecular complexity index is 500. The van der Waals surface area contributed by atoms with Crippen LogP contribution in [-0.2, 0) is 4.79 Å². The maximum atomic E-state index is 10.9. The molecule has 6 nitrogen and oxygen atoms in total. The van der Waals surface area contributed by atoms with Crippen molar-refractivity contribution in [2.75, 3.05) is 18.0 Å². The molecule has 0 unspecified atom stereocenters. The number of hydrogen-bond acceptors (Lipinski definition) is 4. The average Bonchev–Trinajstić information content (AvgIpc) is 2.21.